The van der Waals surface area contributed by atoms with Crippen LogP contribution >= 0.6 is 0 Å². The molecule has 8 heavy (non-hydrogen) atoms. The zero-order valence-corrected chi connectivity index (χ0v) is 4.55. The van der Waals surface area contributed by atoms with E-state index in [0.29, 0.717) is 5.57 Å². The Morgan fingerprint density at radius 2 is 2.38 bits per heavy atom. The maximum atomic E-state index is 10.6. The number of rotatable bonds is 0. The standard InChI is InChI=1S/C7H7O/c1-6-4-2-3-5-7(6)8/h2-3,5H,1,4H2. The molecule has 0 saturated carbocycles. The van der Waals surface area contributed by atoms with Gasteiger partial charge in [-0.05, 0) is 18.1 Å². The molecule has 0 amide bonds. The summed E-state index contributed by atoms with van der Waals surface area (Å²) in [5, 5.41) is 10.6. The van der Waals surface area contributed by atoms with Crippen molar-refractivity contribution in [2.24, 2.45) is 0 Å². The highest BCUT2D eigenvalue weighted by atomic mass is 16.3. The van der Waals surface area contributed by atoms with Gasteiger partial charge in [0.25, 0.3) is 0 Å². The van der Waals surface area contributed by atoms with Gasteiger partial charge in [-0.2, -0.15) is 0 Å². The van der Waals surface area contributed by atoms with Crippen molar-refractivity contribution in [3.63, 3.8) is 0 Å². The molecular weight excluding hydrogens is 100 g/mol. The summed E-state index contributed by atoms with van der Waals surface area (Å²) < 4.78 is 0. The fourth-order valence-corrected chi connectivity index (χ4v) is 0.584. The van der Waals surface area contributed by atoms with Crippen LogP contribution in [0, 0.1) is 0 Å². The molecule has 1 heteroatoms. The molecule has 0 saturated heterocycles. The molecule has 1 radical (unpaired) electrons. The average molecular weight is 107 g/mol. The van der Waals surface area contributed by atoms with E-state index in [1.54, 1.807) is 6.08 Å². The fraction of sp³-hybridized carbons (Fsp3) is 0.143. The molecule has 0 aromatic rings. The van der Waals surface area contributed by atoms with Gasteiger partial charge >= 0.3 is 0 Å². The van der Waals surface area contributed by atoms with E-state index in [1.165, 1.54) is 6.08 Å². The SMILES string of the molecule is C=C1CC=CC=C1[O]. The van der Waals surface area contributed by atoms with Crippen molar-refractivity contribution in [1.29, 1.82) is 0 Å². The molecule has 0 heterocycles. The number of hydrogen-bond donors (Lipinski definition) is 0. The van der Waals surface area contributed by atoms with E-state index >= 15 is 0 Å². The first-order chi connectivity index (χ1) is 3.80. The van der Waals surface area contributed by atoms with Crippen molar-refractivity contribution in [2.75, 3.05) is 0 Å². The van der Waals surface area contributed by atoms with Crippen LogP contribution in [0.3, 0.4) is 0 Å². The Balaban J connectivity index is 2.80. The lowest BCUT2D eigenvalue weighted by atomic mass is 10.1. The Kier molecular flexibility index (Phi) is 1.20. The van der Waals surface area contributed by atoms with Gasteiger partial charge in [0.1, 0.15) is 0 Å². The Hall–Kier alpha value is -0.980. The van der Waals surface area contributed by atoms with Crippen LogP contribution in [-0.2, 0) is 5.11 Å². The first-order valence-electron chi connectivity index (χ1n) is 2.52. The largest absolute Gasteiger partial charge is 0.290 e. The molecule has 0 spiro atoms. The summed E-state index contributed by atoms with van der Waals surface area (Å²) in [6.45, 7) is 3.56. The van der Waals surface area contributed by atoms with E-state index in [1.807, 2.05) is 6.08 Å². The first kappa shape index (κ1) is 5.16. The van der Waals surface area contributed by atoms with Crippen LogP contribution in [0.25, 0.3) is 0 Å². The minimum atomic E-state index is 0.0625. The summed E-state index contributed by atoms with van der Waals surface area (Å²) in [6, 6.07) is 0. The summed E-state index contributed by atoms with van der Waals surface area (Å²) in [6.07, 6.45) is 5.93. The Morgan fingerprint density at radius 3 is 2.75 bits per heavy atom. The van der Waals surface area contributed by atoms with Crippen molar-refractivity contribution in [3.8, 4) is 0 Å². The lowest BCUT2D eigenvalue weighted by Crippen LogP contribution is -1.86. The quantitative estimate of drug-likeness (QED) is 0.450. The highest BCUT2D eigenvalue weighted by Gasteiger charge is 2.01. The summed E-state index contributed by atoms with van der Waals surface area (Å²) in [5.41, 5.74) is 0.688. The van der Waals surface area contributed by atoms with Crippen LogP contribution in [0.15, 0.2) is 36.1 Å². The van der Waals surface area contributed by atoms with Crippen molar-refractivity contribution >= 4 is 0 Å². The summed E-state index contributed by atoms with van der Waals surface area (Å²) in [7, 11) is 0. The van der Waals surface area contributed by atoms with Crippen LogP contribution < -0.4 is 0 Å². The minimum Gasteiger partial charge on any atom is -0.290 e. The molecule has 1 aliphatic carbocycles. The first-order valence-corrected chi connectivity index (χ1v) is 2.52. The van der Waals surface area contributed by atoms with Crippen LogP contribution in [0.5, 0.6) is 0 Å². The lowest BCUT2D eigenvalue weighted by molar-refractivity contribution is 0.306. The highest BCUT2D eigenvalue weighted by molar-refractivity contribution is 5.31. The molecule has 0 aromatic carbocycles. The van der Waals surface area contributed by atoms with Crippen LogP contribution in [-0.4, -0.2) is 0 Å². The van der Waals surface area contributed by atoms with Gasteiger partial charge in [0.15, 0.2) is 5.76 Å². The van der Waals surface area contributed by atoms with Crippen molar-refractivity contribution in [3.05, 3.63) is 36.1 Å². The van der Waals surface area contributed by atoms with Crippen molar-refractivity contribution in [1.82, 2.24) is 0 Å². The Morgan fingerprint density at radius 1 is 1.62 bits per heavy atom. The Labute approximate surface area is 48.6 Å². The van der Waals surface area contributed by atoms with E-state index in [-0.39, 0.29) is 5.76 Å². The van der Waals surface area contributed by atoms with Gasteiger partial charge < -0.3 is 0 Å². The predicted octanol–water partition coefficient (Wildman–Crippen LogP) is 1.82. The predicted molar refractivity (Wildman–Crippen MR) is 31.7 cm³/mol. The highest BCUT2D eigenvalue weighted by Crippen LogP contribution is 2.13. The molecule has 1 rings (SSSR count). The van der Waals surface area contributed by atoms with Gasteiger partial charge in [0.2, 0.25) is 0 Å². The topological polar surface area (TPSA) is 19.9 Å². The van der Waals surface area contributed by atoms with E-state index in [9.17, 15) is 5.11 Å². The Bertz CT molecular complexity index is 163. The van der Waals surface area contributed by atoms with Crippen molar-refractivity contribution in [2.45, 2.75) is 6.42 Å². The molecule has 0 unspecified atom stereocenters. The normalized spacial score (nSPS) is 18.5. The molecule has 0 N–H and O–H groups in total. The van der Waals surface area contributed by atoms with E-state index < -0.39 is 0 Å². The maximum absolute atomic E-state index is 10.6. The molecule has 41 valence electrons. The minimum absolute atomic E-state index is 0.0625. The molecule has 1 nitrogen and oxygen atoms in total. The van der Waals surface area contributed by atoms with E-state index in [2.05, 4.69) is 6.58 Å². The van der Waals surface area contributed by atoms with E-state index in [4.69, 9.17) is 0 Å². The monoisotopic (exact) mass is 107 g/mol. The third kappa shape index (κ3) is 0.808. The molecule has 1 aliphatic rings. The molecule has 0 bridgehead atoms. The van der Waals surface area contributed by atoms with Crippen molar-refractivity contribution < 1.29 is 5.11 Å². The lowest BCUT2D eigenvalue weighted by Gasteiger charge is -1.99. The smallest absolute Gasteiger partial charge is 0.181 e. The van der Waals surface area contributed by atoms with Gasteiger partial charge in [-0.1, -0.05) is 18.7 Å². The second-order valence-corrected chi connectivity index (χ2v) is 1.77. The second-order valence-electron chi connectivity index (χ2n) is 1.77. The zero-order valence-electron chi connectivity index (χ0n) is 4.55. The van der Waals surface area contributed by atoms with Crippen LogP contribution in [0.2, 0.25) is 0 Å². The third-order valence-corrected chi connectivity index (χ3v) is 1.10. The van der Waals surface area contributed by atoms with Gasteiger partial charge in [0.05, 0.1) is 0 Å². The third-order valence-electron chi connectivity index (χ3n) is 1.10. The van der Waals surface area contributed by atoms with Gasteiger partial charge in [-0.15, -0.1) is 0 Å². The van der Waals surface area contributed by atoms with Gasteiger partial charge in [-0.3, -0.25) is 5.11 Å². The van der Waals surface area contributed by atoms with Gasteiger partial charge in [0, 0.05) is 0 Å². The molecule has 0 aromatic heterocycles. The molecule has 0 atom stereocenters. The van der Waals surface area contributed by atoms with Crippen LogP contribution in [0.4, 0.5) is 0 Å². The van der Waals surface area contributed by atoms with E-state index in [0.717, 1.165) is 6.42 Å². The fourth-order valence-electron chi connectivity index (χ4n) is 0.584. The second kappa shape index (κ2) is 1.86. The number of allylic oxidation sites excluding steroid dienone is 4. The zero-order chi connectivity index (χ0) is 5.98. The number of hydrogen-bond acceptors (Lipinski definition) is 0. The van der Waals surface area contributed by atoms with Gasteiger partial charge in [-0.25, -0.2) is 0 Å². The maximum Gasteiger partial charge on any atom is 0.181 e. The molecular formula is C7H7O. The summed E-state index contributed by atoms with van der Waals surface area (Å²) >= 11 is 0. The molecule has 0 aliphatic heterocycles. The van der Waals surface area contributed by atoms with Crippen LogP contribution in [0.1, 0.15) is 6.42 Å². The molecule has 0 fully saturated rings. The average Bonchev–Trinajstić information content (AvgIpc) is 1.77. The summed E-state index contributed by atoms with van der Waals surface area (Å²) in [5.74, 6) is 0.0625. The summed E-state index contributed by atoms with van der Waals surface area (Å²) in [4.78, 5) is 0.